The Morgan fingerprint density at radius 3 is 2.88 bits per heavy atom. The normalized spacial score (nSPS) is 25.4. The molecule has 6 nitrogen and oxygen atoms in total. The number of ether oxygens (including phenoxy) is 1. The maximum absolute atomic E-state index is 11.3. The van der Waals surface area contributed by atoms with E-state index in [4.69, 9.17) is 10.5 Å². The van der Waals surface area contributed by atoms with Crippen molar-refractivity contribution in [1.82, 2.24) is 5.43 Å². The first-order chi connectivity index (χ1) is 7.49. The zero-order chi connectivity index (χ0) is 12.1. The van der Waals surface area contributed by atoms with Crippen molar-refractivity contribution in [2.24, 2.45) is 16.8 Å². The van der Waals surface area contributed by atoms with Crippen LogP contribution in [0.25, 0.3) is 0 Å². The summed E-state index contributed by atoms with van der Waals surface area (Å²) in [5, 5.41) is 3.77. The van der Waals surface area contributed by atoms with Crippen molar-refractivity contribution in [3.05, 3.63) is 0 Å². The van der Waals surface area contributed by atoms with Gasteiger partial charge in [-0.05, 0) is 33.1 Å². The molecule has 0 aromatic rings. The van der Waals surface area contributed by atoms with Gasteiger partial charge in [-0.15, -0.1) is 0 Å². The second-order valence-electron chi connectivity index (χ2n) is 4.04. The minimum Gasteiger partial charge on any atom is -0.462 e. The Morgan fingerprint density at radius 2 is 2.38 bits per heavy atom. The Morgan fingerprint density at radius 1 is 1.69 bits per heavy atom. The van der Waals surface area contributed by atoms with Crippen LogP contribution in [0.4, 0.5) is 4.79 Å². The molecule has 1 heterocycles. The van der Waals surface area contributed by atoms with E-state index in [1.54, 1.807) is 6.92 Å². The van der Waals surface area contributed by atoms with Gasteiger partial charge >= 0.3 is 12.0 Å². The zero-order valence-corrected chi connectivity index (χ0v) is 9.53. The summed E-state index contributed by atoms with van der Waals surface area (Å²) in [4.78, 5) is 21.7. The molecule has 16 heavy (non-hydrogen) atoms. The number of carbonyl (C=O) groups is 2. The average molecular weight is 227 g/mol. The number of primary amides is 1. The van der Waals surface area contributed by atoms with Crippen molar-refractivity contribution < 1.29 is 14.3 Å². The van der Waals surface area contributed by atoms with Crippen molar-refractivity contribution in [2.75, 3.05) is 0 Å². The Balaban J connectivity index is 2.31. The predicted molar refractivity (Wildman–Crippen MR) is 58.7 cm³/mol. The van der Waals surface area contributed by atoms with E-state index in [-0.39, 0.29) is 18.0 Å². The first-order valence-electron chi connectivity index (χ1n) is 5.28. The molecule has 0 aromatic carbocycles. The number of nitrogens with two attached hydrogens (primary N) is 1. The molecular weight excluding hydrogens is 210 g/mol. The summed E-state index contributed by atoms with van der Waals surface area (Å²) in [6.45, 7) is 3.66. The standard InChI is InChI=1S/C10H17N3O3/c1-6(12-13-10(11)15)3-4-8-5-7(2)16-9(8)14/h7-8H,3-5H2,1-2H3,(H3,11,13,15)/b12-6-/t7-,8-/m1/s1. The van der Waals surface area contributed by atoms with Gasteiger partial charge in [-0.1, -0.05) is 0 Å². The fraction of sp³-hybridized carbons (Fsp3) is 0.700. The van der Waals surface area contributed by atoms with Gasteiger partial charge in [0.15, 0.2) is 0 Å². The number of cyclic esters (lactones) is 1. The van der Waals surface area contributed by atoms with Crippen LogP contribution < -0.4 is 11.2 Å². The highest BCUT2D eigenvalue weighted by atomic mass is 16.5. The van der Waals surface area contributed by atoms with E-state index in [0.29, 0.717) is 12.8 Å². The quantitative estimate of drug-likeness (QED) is 0.422. The monoisotopic (exact) mass is 227 g/mol. The smallest absolute Gasteiger partial charge is 0.332 e. The Labute approximate surface area is 94.2 Å². The van der Waals surface area contributed by atoms with Gasteiger partial charge in [0.25, 0.3) is 0 Å². The molecule has 1 aliphatic rings. The van der Waals surface area contributed by atoms with Gasteiger partial charge in [0, 0.05) is 5.71 Å². The third-order valence-corrected chi connectivity index (χ3v) is 2.48. The second-order valence-corrected chi connectivity index (χ2v) is 4.04. The molecule has 0 bridgehead atoms. The molecule has 0 aromatic heterocycles. The first kappa shape index (κ1) is 12.5. The number of nitrogens with zero attached hydrogens (tertiary/aromatic N) is 1. The number of urea groups is 1. The third kappa shape index (κ3) is 3.88. The predicted octanol–water partition coefficient (Wildman–Crippen LogP) is 0.762. The molecule has 1 aliphatic heterocycles. The number of hydrogen-bond donors (Lipinski definition) is 2. The number of hydrogen-bond acceptors (Lipinski definition) is 4. The molecule has 2 amide bonds. The highest BCUT2D eigenvalue weighted by Gasteiger charge is 2.31. The largest absolute Gasteiger partial charge is 0.462 e. The topological polar surface area (TPSA) is 93.8 Å². The Kier molecular flexibility index (Phi) is 4.28. The fourth-order valence-corrected chi connectivity index (χ4v) is 1.66. The van der Waals surface area contributed by atoms with Gasteiger partial charge in [0.2, 0.25) is 0 Å². The summed E-state index contributed by atoms with van der Waals surface area (Å²) in [5.74, 6) is -0.183. The minimum atomic E-state index is -0.687. The van der Waals surface area contributed by atoms with E-state index in [0.717, 1.165) is 12.1 Å². The maximum atomic E-state index is 11.3. The lowest BCUT2D eigenvalue weighted by Gasteiger charge is -2.04. The fourth-order valence-electron chi connectivity index (χ4n) is 1.66. The Bertz CT molecular complexity index is 314. The number of esters is 1. The molecule has 1 rings (SSSR count). The summed E-state index contributed by atoms with van der Waals surface area (Å²) in [5.41, 5.74) is 7.76. The van der Waals surface area contributed by atoms with E-state index in [9.17, 15) is 9.59 Å². The molecular formula is C10H17N3O3. The number of amides is 2. The van der Waals surface area contributed by atoms with Crippen molar-refractivity contribution in [2.45, 2.75) is 39.2 Å². The van der Waals surface area contributed by atoms with E-state index in [1.807, 2.05) is 6.92 Å². The summed E-state index contributed by atoms with van der Waals surface area (Å²) in [6, 6.07) is -0.687. The summed E-state index contributed by atoms with van der Waals surface area (Å²) in [7, 11) is 0. The lowest BCUT2D eigenvalue weighted by Crippen LogP contribution is -2.25. The molecule has 2 atom stereocenters. The van der Waals surface area contributed by atoms with Gasteiger partial charge < -0.3 is 10.5 Å². The molecule has 0 spiro atoms. The molecule has 0 aliphatic carbocycles. The van der Waals surface area contributed by atoms with Gasteiger partial charge in [-0.3, -0.25) is 4.79 Å². The second kappa shape index (κ2) is 5.48. The number of hydrazone groups is 1. The minimum absolute atomic E-state index is 0.0125. The molecule has 0 saturated carbocycles. The van der Waals surface area contributed by atoms with Crippen LogP contribution in [0.15, 0.2) is 5.10 Å². The molecule has 0 unspecified atom stereocenters. The SMILES string of the molecule is C/C(CC[C@@H]1C[C@@H](C)OC1=O)=N/NC(N)=O. The lowest BCUT2D eigenvalue weighted by molar-refractivity contribution is -0.143. The maximum Gasteiger partial charge on any atom is 0.332 e. The van der Waals surface area contributed by atoms with Crippen LogP contribution >= 0.6 is 0 Å². The van der Waals surface area contributed by atoms with Crippen LogP contribution in [0.1, 0.15) is 33.1 Å². The van der Waals surface area contributed by atoms with E-state index in [1.165, 1.54) is 0 Å². The molecule has 90 valence electrons. The average Bonchev–Trinajstić information content (AvgIpc) is 2.51. The summed E-state index contributed by atoms with van der Waals surface area (Å²) < 4.78 is 5.04. The van der Waals surface area contributed by atoms with Gasteiger partial charge in [-0.2, -0.15) is 5.10 Å². The zero-order valence-electron chi connectivity index (χ0n) is 9.53. The van der Waals surface area contributed by atoms with Crippen LogP contribution in [0.3, 0.4) is 0 Å². The summed E-state index contributed by atoms with van der Waals surface area (Å²) in [6.07, 6.45) is 2.11. The molecule has 3 N–H and O–H groups in total. The molecule has 1 saturated heterocycles. The Hall–Kier alpha value is -1.59. The lowest BCUT2D eigenvalue weighted by atomic mass is 9.98. The number of nitrogens with one attached hydrogen (secondary N) is 1. The molecule has 1 fully saturated rings. The van der Waals surface area contributed by atoms with Crippen LogP contribution in [0, 0.1) is 5.92 Å². The molecule has 0 radical (unpaired) electrons. The van der Waals surface area contributed by atoms with Crippen LogP contribution in [-0.2, 0) is 9.53 Å². The van der Waals surface area contributed by atoms with Crippen molar-refractivity contribution >= 4 is 17.7 Å². The van der Waals surface area contributed by atoms with Gasteiger partial charge in [0.05, 0.1) is 12.0 Å². The highest BCUT2D eigenvalue weighted by Crippen LogP contribution is 2.24. The van der Waals surface area contributed by atoms with Gasteiger partial charge in [0.1, 0.15) is 0 Å². The first-order valence-corrected chi connectivity index (χ1v) is 5.28. The van der Waals surface area contributed by atoms with Crippen molar-refractivity contribution in [3.8, 4) is 0 Å². The number of carbonyl (C=O) groups excluding carboxylic acids is 2. The third-order valence-electron chi connectivity index (χ3n) is 2.48. The van der Waals surface area contributed by atoms with Crippen LogP contribution in [0.2, 0.25) is 0 Å². The van der Waals surface area contributed by atoms with E-state index >= 15 is 0 Å². The van der Waals surface area contributed by atoms with Crippen LogP contribution in [-0.4, -0.2) is 23.8 Å². The van der Waals surface area contributed by atoms with Crippen molar-refractivity contribution in [1.29, 1.82) is 0 Å². The van der Waals surface area contributed by atoms with Gasteiger partial charge in [-0.25, -0.2) is 10.2 Å². The highest BCUT2D eigenvalue weighted by molar-refractivity contribution is 5.84. The molecule has 6 heteroatoms. The summed E-state index contributed by atoms with van der Waals surface area (Å²) >= 11 is 0. The number of rotatable bonds is 4. The van der Waals surface area contributed by atoms with Crippen molar-refractivity contribution in [3.63, 3.8) is 0 Å². The van der Waals surface area contributed by atoms with E-state index < -0.39 is 6.03 Å². The van der Waals surface area contributed by atoms with E-state index in [2.05, 4.69) is 10.5 Å². The van der Waals surface area contributed by atoms with Crippen LogP contribution in [0.5, 0.6) is 0 Å².